The number of hydrogen-bond acceptors (Lipinski definition) is 7. The lowest BCUT2D eigenvalue weighted by atomic mass is 9.99. The zero-order valence-electron chi connectivity index (χ0n) is 30.6. The van der Waals surface area contributed by atoms with Crippen molar-refractivity contribution in [2.24, 2.45) is 0 Å². The molecule has 0 spiro atoms. The van der Waals surface area contributed by atoms with Crippen LogP contribution in [0.2, 0.25) is 0 Å². The number of ether oxygens (including phenoxy) is 1. The Kier molecular flexibility index (Phi) is 11.8. The third-order valence-corrected chi connectivity index (χ3v) is 9.17. The number of aromatic nitrogens is 4. The summed E-state index contributed by atoms with van der Waals surface area (Å²) in [6, 6.07) is 27.0. The molecule has 2 heterocycles. The van der Waals surface area contributed by atoms with E-state index in [0.29, 0.717) is 37.6 Å². The van der Waals surface area contributed by atoms with Gasteiger partial charge in [-0.1, -0.05) is 86.6 Å². The standard InChI is InChI=1S/C41H46N8O4/c1-5-20-48(37(50)24-42-3)26-36-44-33-19-17-31-22-30(16-18-32(31)39(33)46-36)27-12-14-28(15-13-27)34-23-43-35(45-34)25-49(21-6-2)40(51)38(47-41(52)53-4)29-10-8-7-9-11-29/h7-19,22-23,38,42H,5-6,20-21,24-26H2,1-4H3,(H,43,45)(H,44,46)(H,47,52)/t38-/m1/s1. The van der Waals surface area contributed by atoms with Crippen molar-refractivity contribution in [2.75, 3.05) is 33.8 Å². The molecule has 12 nitrogen and oxygen atoms in total. The van der Waals surface area contributed by atoms with Crippen molar-refractivity contribution in [1.82, 2.24) is 40.4 Å². The normalized spacial score (nSPS) is 11.8. The summed E-state index contributed by atoms with van der Waals surface area (Å²) in [5.74, 6) is 1.22. The van der Waals surface area contributed by atoms with Crippen LogP contribution in [0, 0.1) is 0 Å². The number of imidazole rings is 2. The highest BCUT2D eigenvalue weighted by atomic mass is 16.5. The van der Waals surface area contributed by atoms with E-state index in [1.807, 2.05) is 48.2 Å². The molecule has 2 aromatic heterocycles. The van der Waals surface area contributed by atoms with Gasteiger partial charge in [0.25, 0.3) is 0 Å². The van der Waals surface area contributed by atoms with E-state index in [4.69, 9.17) is 9.72 Å². The molecule has 0 saturated carbocycles. The van der Waals surface area contributed by atoms with Gasteiger partial charge in [-0.25, -0.2) is 14.8 Å². The molecule has 1 atom stereocenters. The zero-order valence-corrected chi connectivity index (χ0v) is 30.6. The Bertz CT molecular complexity index is 2180. The highest BCUT2D eigenvalue weighted by molar-refractivity contribution is 6.05. The van der Waals surface area contributed by atoms with Gasteiger partial charge in [-0.05, 0) is 59.7 Å². The fraction of sp³-hybridized carbons (Fsp3) is 0.293. The molecule has 0 unspecified atom stereocenters. The molecule has 0 radical (unpaired) electrons. The van der Waals surface area contributed by atoms with Crippen LogP contribution in [0.25, 0.3) is 44.2 Å². The minimum absolute atomic E-state index is 0.0532. The first-order valence-electron chi connectivity index (χ1n) is 18.0. The van der Waals surface area contributed by atoms with Gasteiger partial charge >= 0.3 is 6.09 Å². The molecule has 12 heteroatoms. The zero-order chi connectivity index (χ0) is 37.3. The second kappa shape index (κ2) is 17.0. The number of aromatic amines is 2. The molecule has 274 valence electrons. The maximum atomic E-state index is 13.8. The number of methoxy groups -OCH3 is 1. The van der Waals surface area contributed by atoms with Gasteiger partial charge in [0.1, 0.15) is 17.7 Å². The quantitative estimate of drug-likeness (QED) is 0.0941. The number of H-pyrrole nitrogens is 2. The molecule has 6 aromatic rings. The van der Waals surface area contributed by atoms with Gasteiger partial charge in [0.15, 0.2) is 0 Å². The fourth-order valence-corrected chi connectivity index (χ4v) is 6.56. The maximum absolute atomic E-state index is 13.8. The third kappa shape index (κ3) is 8.56. The van der Waals surface area contributed by atoms with Crippen LogP contribution in [-0.4, -0.2) is 81.4 Å². The first-order chi connectivity index (χ1) is 25.8. The van der Waals surface area contributed by atoms with Crippen LogP contribution >= 0.6 is 0 Å². The van der Waals surface area contributed by atoms with E-state index in [-0.39, 0.29) is 18.4 Å². The average molecular weight is 715 g/mol. The summed E-state index contributed by atoms with van der Waals surface area (Å²) in [4.78, 5) is 58.3. The predicted octanol–water partition coefficient (Wildman–Crippen LogP) is 6.57. The number of alkyl carbamates (subject to hydrolysis) is 1. The lowest BCUT2D eigenvalue weighted by Crippen LogP contribution is -2.43. The average Bonchev–Trinajstić information content (AvgIpc) is 3.83. The van der Waals surface area contributed by atoms with Gasteiger partial charge in [0.2, 0.25) is 11.8 Å². The second-order valence-electron chi connectivity index (χ2n) is 13.0. The number of carbonyl (C=O) groups is 3. The lowest BCUT2D eigenvalue weighted by molar-refractivity contribution is -0.134. The molecule has 0 saturated heterocycles. The Morgan fingerprint density at radius 2 is 1.51 bits per heavy atom. The molecule has 0 fully saturated rings. The van der Waals surface area contributed by atoms with E-state index in [9.17, 15) is 14.4 Å². The van der Waals surface area contributed by atoms with Crippen molar-refractivity contribution >= 4 is 39.7 Å². The highest BCUT2D eigenvalue weighted by Gasteiger charge is 2.28. The maximum Gasteiger partial charge on any atom is 0.407 e. The molecule has 6 rings (SSSR count). The molecule has 0 aliphatic carbocycles. The minimum Gasteiger partial charge on any atom is -0.453 e. The summed E-state index contributed by atoms with van der Waals surface area (Å²) >= 11 is 0. The largest absolute Gasteiger partial charge is 0.453 e. The number of fused-ring (bicyclic) bond motifs is 3. The number of nitrogens with zero attached hydrogens (tertiary/aromatic N) is 4. The van der Waals surface area contributed by atoms with Crippen molar-refractivity contribution in [3.8, 4) is 22.4 Å². The SMILES string of the molecule is CCCN(Cc1nc2ccc3cc(-c4ccc(-c5cnc(CN(CCC)C(=O)[C@H](NC(=O)OC)c6ccccc6)[nH]5)cc4)ccc3c2[nH]1)C(=O)CNC. The van der Waals surface area contributed by atoms with E-state index in [1.165, 1.54) is 7.11 Å². The summed E-state index contributed by atoms with van der Waals surface area (Å²) in [7, 11) is 3.05. The molecule has 53 heavy (non-hydrogen) atoms. The number of nitrogens with one attached hydrogen (secondary N) is 4. The van der Waals surface area contributed by atoms with Crippen LogP contribution < -0.4 is 10.6 Å². The Balaban J connectivity index is 1.17. The Labute approximate surface area is 309 Å². The van der Waals surface area contributed by atoms with Gasteiger partial charge in [-0.15, -0.1) is 0 Å². The van der Waals surface area contributed by atoms with Crippen LogP contribution in [0.1, 0.15) is 49.9 Å². The van der Waals surface area contributed by atoms with Crippen LogP contribution in [0.4, 0.5) is 4.79 Å². The van der Waals surface area contributed by atoms with E-state index in [1.54, 1.807) is 18.1 Å². The molecule has 0 aliphatic rings. The van der Waals surface area contributed by atoms with E-state index in [0.717, 1.165) is 62.9 Å². The van der Waals surface area contributed by atoms with Gasteiger partial charge in [0, 0.05) is 18.5 Å². The second-order valence-corrected chi connectivity index (χ2v) is 13.0. The van der Waals surface area contributed by atoms with Gasteiger partial charge in [-0.2, -0.15) is 0 Å². The van der Waals surface area contributed by atoms with Crippen LogP contribution in [0.15, 0.2) is 91.1 Å². The van der Waals surface area contributed by atoms with Crippen LogP contribution in [-0.2, 0) is 27.4 Å². The predicted molar refractivity (Wildman–Crippen MR) is 207 cm³/mol. The summed E-state index contributed by atoms with van der Waals surface area (Å²) < 4.78 is 4.81. The third-order valence-electron chi connectivity index (χ3n) is 9.17. The Morgan fingerprint density at radius 1 is 0.811 bits per heavy atom. The molecule has 0 aliphatic heterocycles. The smallest absolute Gasteiger partial charge is 0.407 e. The van der Waals surface area contributed by atoms with Crippen LogP contribution in [0.3, 0.4) is 0 Å². The number of benzene rings is 4. The van der Waals surface area contributed by atoms with E-state index >= 15 is 0 Å². The van der Waals surface area contributed by atoms with Crippen molar-refractivity contribution in [2.45, 2.75) is 45.8 Å². The van der Waals surface area contributed by atoms with Crippen molar-refractivity contribution < 1.29 is 19.1 Å². The molecule has 4 N–H and O–H groups in total. The molecule has 3 amide bonds. The summed E-state index contributed by atoms with van der Waals surface area (Å²) in [5.41, 5.74) is 6.46. The summed E-state index contributed by atoms with van der Waals surface area (Å²) in [6.07, 6.45) is 2.71. The number of amides is 3. The Morgan fingerprint density at radius 3 is 2.23 bits per heavy atom. The van der Waals surface area contributed by atoms with Crippen LogP contribution in [0.5, 0.6) is 0 Å². The van der Waals surface area contributed by atoms with E-state index in [2.05, 4.69) is 81.0 Å². The molecule has 0 bridgehead atoms. The first-order valence-corrected chi connectivity index (χ1v) is 18.0. The topological polar surface area (TPSA) is 148 Å². The van der Waals surface area contributed by atoms with Crippen molar-refractivity contribution in [3.63, 3.8) is 0 Å². The lowest BCUT2D eigenvalue weighted by Gasteiger charge is -2.27. The fourth-order valence-electron chi connectivity index (χ4n) is 6.56. The number of rotatable bonds is 15. The Hall–Kier alpha value is -6.01. The van der Waals surface area contributed by atoms with Crippen molar-refractivity contribution in [1.29, 1.82) is 0 Å². The molecular formula is C41H46N8O4. The minimum atomic E-state index is -0.892. The number of likely N-dealkylation sites (N-methyl/N-ethyl adjacent to an activating group) is 1. The number of hydrogen-bond donors (Lipinski definition) is 4. The molecule has 4 aromatic carbocycles. The van der Waals surface area contributed by atoms with Gasteiger partial charge in [0.05, 0.1) is 49.7 Å². The monoisotopic (exact) mass is 714 g/mol. The number of carbonyl (C=O) groups excluding carboxylic acids is 3. The summed E-state index contributed by atoms with van der Waals surface area (Å²) in [5, 5.41) is 7.80. The van der Waals surface area contributed by atoms with E-state index < -0.39 is 12.1 Å². The first kappa shape index (κ1) is 36.8. The highest BCUT2D eigenvalue weighted by Crippen LogP contribution is 2.30. The molecular weight excluding hydrogens is 669 g/mol. The van der Waals surface area contributed by atoms with Crippen molar-refractivity contribution in [3.05, 3.63) is 108 Å². The summed E-state index contributed by atoms with van der Waals surface area (Å²) in [6.45, 7) is 6.22. The van der Waals surface area contributed by atoms with Gasteiger partial charge in [-0.3, -0.25) is 9.59 Å². The van der Waals surface area contributed by atoms with Gasteiger partial charge < -0.3 is 35.1 Å².